The van der Waals surface area contributed by atoms with Crippen LogP contribution in [0, 0.1) is 5.92 Å². The molecule has 3 heterocycles. The molecule has 0 aromatic carbocycles. The Kier molecular flexibility index (Phi) is 9.77. The number of hydrogen-bond acceptors (Lipinski definition) is 10. The van der Waals surface area contributed by atoms with Crippen LogP contribution in [0.5, 0.6) is 0 Å². The van der Waals surface area contributed by atoms with Gasteiger partial charge in [-0.3, -0.25) is 15.0 Å². The standard InChI is InChI=1S/C28H46N4O8/c1-18(2)8-9-21-27(3,40-21)24-23(36-5)20(10-11-28(24)17-38-28)39-26(35)32-13-6-7-19(32)16-37-25(34)30-22(33)15-31(4)14-12-29/h8,19-21,23-24H,6-7,9-17,29H2,1-5H3,(H,30,33,34)/t19-,20?,21+,23?,24?,27-,28-/m0/s1. The smallest absolute Gasteiger partial charge is 0.413 e. The van der Waals surface area contributed by atoms with Crippen molar-refractivity contribution in [3.8, 4) is 0 Å². The van der Waals surface area contributed by atoms with Gasteiger partial charge in [0.1, 0.15) is 30.0 Å². The molecule has 7 atom stereocenters. The first-order valence-electron chi connectivity index (χ1n) is 14.3. The molecule has 4 rings (SSSR count). The van der Waals surface area contributed by atoms with Crippen LogP contribution >= 0.6 is 0 Å². The van der Waals surface area contributed by atoms with E-state index < -0.39 is 29.8 Å². The van der Waals surface area contributed by atoms with Crippen LogP contribution in [0.15, 0.2) is 11.6 Å². The number of epoxide rings is 2. The summed E-state index contributed by atoms with van der Waals surface area (Å²) in [5.41, 5.74) is 6.01. The SMILES string of the molecule is COC1C(OC(=O)N2CCC[C@H]2COC(=O)NC(=O)CN(C)CCN)CC[C@]2(CO2)C1[C@@]1(C)O[C@@H]1CC=C(C)C. The van der Waals surface area contributed by atoms with Crippen molar-refractivity contribution in [2.45, 2.75) is 88.4 Å². The maximum atomic E-state index is 13.3. The number of carbonyl (C=O) groups excluding carboxylic acids is 3. The minimum Gasteiger partial charge on any atom is -0.447 e. The summed E-state index contributed by atoms with van der Waals surface area (Å²) in [6.45, 7) is 8.37. The highest BCUT2D eigenvalue weighted by molar-refractivity contribution is 5.92. The molecular formula is C28H46N4O8. The predicted octanol–water partition coefficient (Wildman–Crippen LogP) is 1.81. The molecule has 1 spiro atoms. The summed E-state index contributed by atoms with van der Waals surface area (Å²) in [7, 11) is 3.39. The molecule has 40 heavy (non-hydrogen) atoms. The Morgan fingerprint density at radius 2 is 2.00 bits per heavy atom. The molecule has 1 saturated carbocycles. The van der Waals surface area contributed by atoms with Gasteiger partial charge in [0.05, 0.1) is 31.2 Å². The fourth-order valence-electron chi connectivity index (χ4n) is 6.42. The topological polar surface area (TPSA) is 148 Å². The zero-order valence-corrected chi connectivity index (χ0v) is 24.5. The Balaban J connectivity index is 1.32. The highest BCUT2D eigenvalue weighted by Gasteiger charge is 2.72. The van der Waals surface area contributed by atoms with Crippen molar-refractivity contribution < 1.29 is 38.1 Å². The van der Waals surface area contributed by atoms with E-state index in [-0.39, 0.29) is 42.9 Å². The molecule has 1 aliphatic carbocycles. The van der Waals surface area contributed by atoms with Gasteiger partial charge in [-0.2, -0.15) is 0 Å². The van der Waals surface area contributed by atoms with Gasteiger partial charge in [-0.15, -0.1) is 0 Å². The molecule has 4 fully saturated rings. The van der Waals surface area contributed by atoms with Crippen LogP contribution in [-0.2, 0) is 28.5 Å². The molecular weight excluding hydrogens is 520 g/mol. The van der Waals surface area contributed by atoms with Gasteiger partial charge in [0, 0.05) is 26.7 Å². The highest BCUT2D eigenvalue weighted by Crippen LogP contribution is 2.59. The Bertz CT molecular complexity index is 968. The Labute approximate surface area is 236 Å². The molecule has 226 valence electrons. The molecule has 3 amide bonds. The number of methoxy groups -OCH3 is 1. The summed E-state index contributed by atoms with van der Waals surface area (Å²) in [4.78, 5) is 40.8. The number of rotatable bonds is 11. The fraction of sp³-hybridized carbons (Fsp3) is 0.821. The molecule has 4 aliphatic rings. The van der Waals surface area contributed by atoms with E-state index in [1.807, 2.05) is 0 Å². The summed E-state index contributed by atoms with van der Waals surface area (Å²) in [5.74, 6) is -0.537. The number of ether oxygens (including phenoxy) is 5. The minimum absolute atomic E-state index is 0.0250. The normalized spacial score (nSPS) is 34.5. The van der Waals surface area contributed by atoms with Gasteiger partial charge in [0.25, 0.3) is 0 Å². The van der Waals surface area contributed by atoms with E-state index in [4.69, 9.17) is 29.4 Å². The molecule has 0 aromatic heterocycles. The molecule has 3 N–H and O–H groups in total. The van der Waals surface area contributed by atoms with Crippen molar-refractivity contribution in [3.05, 3.63) is 11.6 Å². The second-order valence-electron chi connectivity index (χ2n) is 12.0. The minimum atomic E-state index is -0.837. The molecule has 12 nitrogen and oxygen atoms in total. The number of amides is 3. The van der Waals surface area contributed by atoms with Crippen LogP contribution in [0.1, 0.15) is 52.9 Å². The number of allylic oxidation sites excluding steroid dienone is 1. The van der Waals surface area contributed by atoms with Crippen LogP contribution in [0.3, 0.4) is 0 Å². The van der Waals surface area contributed by atoms with Gasteiger partial charge in [-0.05, 0) is 59.9 Å². The molecule has 0 bridgehead atoms. The van der Waals surface area contributed by atoms with Gasteiger partial charge < -0.3 is 34.3 Å². The molecule has 3 aliphatic heterocycles. The maximum Gasteiger partial charge on any atom is 0.413 e. The number of nitrogens with one attached hydrogen (secondary N) is 1. The first-order valence-corrected chi connectivity index (χ1v) is 14.3. The number of nitrogens with two attached hydrogens (primary N) is 1. The zero-order valence-electron chi connectivity index (χ0n) is 24.5. The molecule has 0 radical (unpaired) electrons. The first-order chi connectivity index (χ1) is 19.0. The Hall–Kier alpha value is -2.25. The van der Waals surface area contributed by atoms with Gasteiger partial charge in [-0.1, -0.05) is 11.6 Å². The average Bonchev–Trinajstić information content (AvgIpc) is 3.74. The molecule has 12 heteroatoms. The van der Waals surface area contributed by atoms with Crippen LogP contribution in [0.2, 0.25) is 0 Å². The van der Waals surface area contributed by atoms with Gasteiger partial charge >= 0.3 is 12.2 Å². The highest BCUT2D eigenvalue weighted by atomic mass is 16.6. The summed E-state index contributed by atoms with van der Waals surface area (Å²) < 4.78 is 29.6. The average molecular weight is 567 g/mol. The van der Waals surface area contributed by atoms with Crippen LogP contribution in [-0.4, -0.2) is 117 Å². The monoisotopic (exact) mass is 566 g/mol. The summed E-state index contributed by atoms with van der Waals surface area (Å²) >= 11 is 0. The molecule has 3 saturated heterocycles. The van der Waals surface area contributed by atoms with Crippen LogP contribution in [0.4, 0.5) is 9.59 Å². The lowest BCUT2D eigenvalue weighted by Gasteiger charge is -2.43. The van der Waals surface area contributed by atoms with Crippen molar-refractivity contribution in [1.82, 2.24) is 15.1 Å². The summed E-state index contributed by atoms with van der Waals surface area (Å²) in [6.07, 6.45) is 3.82. The van der Waals surface area contributed by atoms with Crippen LogP contribution < -0.4 is 11.1 Å². The van der Waals surface area contributed by atoms with E-state index in [1.54, 1.807) is 24.0 Å². The van der Waals surface area contributed by atoms with Gasteiger partial charge in [-0.25, -0.2) is 9.59 Å². The number of carbonyl (C=O) groups is 3. The number of hydrogen-bond donors (Lipinski definition) is 2. The third kappa shape index (κ3) is 6.96. The van der Waals surface area contributed by atoms with Crippen LogP contribution in [0.25, 0.3) is 0 Å². The second-order valence-corrected chi connectivity index (χ2v) is 12.0. The Morgan fingerprint density at radius 3 is 2.65 bits per heavy atom. The lowest BCUT2D eigenvalue weighted by molar-refractivity contribution is -0.122. The number of imide groups is 1. The number of nitrogens with zero attached hydrogens (tertiary/aromatic N) is 2. The van der Waals surface area contributed by atoms with E-state index >= 15 is 0 Å². The predicted molar refractivity (Wildman–Crippen MR) is 146 cm³/mol. The third-order valence-electron chi connectivity index (χ3n) is 8.67. The van der Waals surface area contributed by atoms with E-state index in [1.165, 1.54) is 5.57 Å². The summed E-state index contributed by atoms with van der Waals surface area (Å²) in [6, 6.07) is -0.329. The fourth-order valence-corrected chi connectivity index (χ4v) is 6.42. The van der Waals surface area contributed by atoms with Crippen molar-refractivity contribution in [2.24, 2.45) is 11.7 Å². The number of alkyl carbamates (subject to hydrolysis) is 1. The lowest BCUT2D eigenvalue weighted by Crippen LogP contribution is -2.56. The second kappa shape index (κ2) is 12.7. The number of likely N-dealkylation sites (N-methyl/N-ethyl adjacent to an activating group) is 1. The van der Waals surface area contributed by atoms with Gasteiger partial charge in [0.15, 0.2) is 0 Å². The van der Waals surface area contributed by atoms with Gasteiger partial charge in [0.2, 0.25) is 5.91 Å². The van der Waals surface area contributed by atoms with Crippen molar-refractivity contribution in [1.29, 1.82) is 0 Å². The van der Waals surface area contributed by atoms with Crippen molar-refractivity contribution in [3.63, 3.8) is 0 Å². The lowest BCUT2D eigenvalue weighted by atomic mass is 9.68. The third-order valence-corrected chi connectivity index (χ3v) is 8.67. The van der Waals surface area contributed by atoms with Crippen molar-refractivity contribution >= 4 is 18.1 Å². The van der Waals surface area contributed by atoms with E-state index in [2.05, 4.69) is 32.2 Å². The number of likely N-dealkylation sites (tertiary alicyclic amines) is 1. The Morgan fingerprint density at radius 1 is 1.25 bits per heavy atom. The van der Waals surface area contributed by atoms with Crippen molar-refractivity contribution in [2.75, 3.05) is 53.6 Å². The van der Waals surface area contributed by atoms with E-state index in [9.17, 15) is 14.4 Å². The quantitative estimate of drug-likeness (QED) is 0.280. The summed E-state index contributed by atoms with van der Waals surface area (Å²) in [5, 5.41) is 2.21. The molecule has 3 unspecified atom stereocenters. The van der Waals surface area contributed by atoms with E-state index in [0.29, 0.717) is 39.1 Å². The first kappa shape index (κ1) is 30.7. The van der Waals surface area contributed by atoms with E-state index in [0.717, 1.165) is 19.3 Å². The molecule has 0 aromatic rings. The zero-order chi connectivity index (χ0) is 29.1. The largest absolute Gasteiger partial charge is 0.447 e. The maximum absolute atomic E-state index is 13.3.